The van der Waals surface area contributed by atoms with Crippen molar-refractivity contribution in [3.05, 3.63) is 64.3 Å². The maximum atomic E-state index is 12.7. The van der Waals surface area contributed by atoms with Gasteiger partial charge in [0, 0.05) is 19.3 Å². The van der Waals surface area contributed by atoms with Crippen LogP contribution in [0, 0.1) is 12.8 Å². The van der Waals surface area contributed by atoms with Crippen LogP contribution >= 0.6 is 11.6 Å². The highest BCUT2D eigenvalue weighted by atomic mass is 35.5. The van der Waals surface area contributed by atoms with Crippen molar-refractivity contribution < 1.29 is 18.7 Å². The van der Waals surface area contributed by atoms with E-state index in [1.54, 1.807) is 29.1 Å². The van der Waals surface area contributed by atoms with Crippen molar-refractivity contribution >= 4 is 29.1 Å². The molecule has 170 valence electrons. The first-order valence-electron chi connectivity index (χ1n) is 10.4. The van der Waals surface area contributed by atoms with Crippen molar-refractivity contribution in [2.45, 2.75) is 40.8 Å². The summed E-state index contributed by atoms with van der Waals surface area (Å²) in [6.45, 7) is 8.98. The highest BCUT2D eigenvalue weighted by molar-refractivity contribution is 6.32. The molecule has 0 aliphatic rings. The number of carbonyl (C=O) groups is 2. The minimum atomic E-state index is -0.487. The number of carbonyl (C=O) groups excluding carboxylic acids is 2. The number of hydrogen-bond acceptors (Lipinski definition) is 5. The van der Waals surface area contributed by atoms with Gasteiger partial charge in [-0.3, -0.25) is 14.3 Å². The number of amides is 2. The zero-order valence-corrected chi connectivity index (χ0v) is 19.3. The van der Waals surface area contributed by atoms with Crippen LogP contribution in [0.15, 0.2) is 40.9 Å². The molecule has 0 unspecified atom stereocenters. The quantitative estimate of drug-likeness (QED) is 0.485. The number of hydrogen-bond donors (Lipinski definition) is 2. The predicted molar refractivity (Wildman–Crippen MR) is 122 cm³/mol. The lowest BCUT2D eigenvalue weighted by Crippen LogP contribution is -2.28. The van der Waals surface area contributed by atoms with Crippen molar-refractivity contribution in [1.82, 2.24) is 15.1 Å². The van der Waals surface area contributed by atoms with Gasteiger partial charge >= 0.3 is 0 Å². The van der Waals surface area contributed by atoms with E-state index >= 15 is 0 Å². The van der Waals surface area contributed by atoms with Crippen molar-refractivity contribution in [2.75, 3.05) is 11.9 Å². The zero-order valence-electron chi connectivity index (χ0n) is 18.6. The van der Waals surface area contributed by atoms with E-state index in [1.807, 2.05) is 39.8 Å². The first kappa shape index (κ1) is 23.4. The van der Waals surface area contributed by atoms with Crippen LogP contribution < -0.4 is 15.4 Å². The van der Waals surface area contributed by atoms with Crippen LogP contribution in [0.1, 0.15) is 53.1 Å². The summed E-state index contributed by atoms with van der Waals surface area (Å²) in [4.78, 5) is 25.2. The van der Waals surface area contributed by atoms with E-state index < -0.39 is 5.91 Å². The molecule has 2 amide bonds. The monoisotopic (exact) mass is 458 g/mol. The summed E-state index contributed by atoms with van der Waals surface area (Å²) in [5.74, 6) is 0.596. The lowest BCUT2D eigenvalue weighted by molar-refractivity contribution is 0.0944. The van der Waals surface area contributed by atoms with Gasteiger partial charge in [0.05, 0.1) is 10.7 Å². The third-order valence-electron chi connectivity index (χ3n) is 4.63. The van der Waals surface area contributed by atoms with E-state index in [2.05, 4.69) is 15.7 Å². The second-order valence-corrected chi connectivity index (χ2v) is 8.15. The summed E-state index contributed by atoms with van der Waals surface area (Å²) in [5, 5.41) is 10.3. The van der Waals surface area contributed by atoms with E-state index in [0.29, 0.717) is 41.2 Å². The molecule has 2 heterocycles. The molecule has 2 aromatic heterocycles. The Balaban J connectivity index is 1.68. The van der Waals surface area contributed by atoms with Crippen LogP contribution in [0.4, 0.5) is 5.69 Å². The molecule has 2 N–H and O–H groups in total. The van der Waals surface area contributed by atoms with Crippen LogP contribution in [0.5, 0.6) is 5.75 Å². The van der Waals surface area contributed by atoms with E-state index in [-0.39, 0.29) is 24.0 Å². The largest absolute Gasteiger partial charge is 0.484 e. The smallest absolute Gasteiger partial charge is 0.291 e. The molecule has 0 atom stereocenters. The van der Waals surface area contributed by atoms with Crippen LogP contribution in [0.2, 0.25) is 5.02 Å². The molecule has 3 aromatic rings. The Hall–Kier alpha value is -3.26. The third-order valence-corrected chi connectivity index (χ3v) is 4.93. The topological polar surface area (TPSA) is 98.4 Å². The number of ether oxygens (including phenoxy) is 1. The highest BCUT2D eigenvalue weighted by Gasteiger charge is 2.21. The normalized spacial score (nSPS) is 10.9. The molecule has 0 bridgehead atoms. The number of benzene rings is 1. The van der Waals surface area contributed by atoms with Gasteiger partial charge in [0.2, 0.25) is 0 Å². The average molecular weight is 459 g/mol. The van der Waals surface area contributed by atoms with Gasteiger partial charge in [0.15, 0.2) is 11.5 Å². The van der Waals surface area contributed by atoms with Crippen molar-refractivity contribution in [2.24, 2.45) is 5.92 Å². The first-order valence-corrected chi connectivity index (χ1v) is 10.8. The molecule has 1 aromatic carbocycles. The van der Waals surface area contributed by atoms with Gasteiger partial charge in [-0.25, -0.2) is 0 Å². The van der Waals surface area contributed by atoms with Gasteiger partial charge < -0.3 is 19.8 Å². The maximum absolute atomic E-state index is 12.7. The first-order chi connectivity index (χ1) is 15.3. The van der Waals surface area contributed by atoms with E-state index in [0.717, 1.165) is 5.56 Å². The van der Waals surface area contributed by atoms with Gasteiger partial charge in [0.25, 0.3) is 11.8 Å². The van der Waals surface area contributed by atoms with Crippen LogP contribution in [0.3, 0.4) is 0 Å². The number of furan rings is 1. The summed E-state index contributed by atoms with van der Waals surface area (Å²) in [7, 11) is 0. The fourth-order valence-electron chi connectivity index (χ4n) is 2.93. The number of rotatable bonds is 9. The molecule has 0 saturated carbocycles. The Morgan fingerprint density at radius 2 is 2.00 bits per heavy atom. The van der Waals surface area contributed by atoms with Gasteiger partial charge in [-0.05, 0) is 43.5 Å². The summed E-state index contributed by atoms with van der Waals surface area (Å²) in [6.07, 6.45) is 1.62. The minimum Gasteiger partial charge on any atom is -0.484 e. The molecule has 0 radical (unpaired) electrons. The molecule has 9 heteroatoms. The van der Waals surface area contributed by atoms with Crippen molar-refractivity contribution in [1.29, 1.82) is 0 Å². The molecular weight excluding hydrogens is 432 g/mol. The molecule has 0 saturated heterocycles. The summed E-state index contributed by atoms with van der Waals surface area (Å²) < 4.78 is 13.0. The van der Waals surface area contributed by atoms with Gasteiger partial charge in [-0.1, -0.05) is 37.6 Å². The lowest BCUT2D eigenvalue weighted by atomic mass is 10.2. The van der Waals surface area contributed by atoms with Crippen molar-refractivity contribution in [3.8, 4) is 5.75 Å². The van der Waals surface area contributed by atoms with Gasteiger partial charge in [0.1, 0.15) is 18.1 Å². The number of anilines is 1. The summed E-state index contributed by atoms with van der Waals surface area (Å²) in [6, 6.07) is 8.70. The third kappa shape index (κ3) is 5.70. The second-order valence-electron chi connectivity index (χ2n) is 7.75. The Morgan fingerprint density at radius 3 is 2.69 bits per heavy atom. The van der Waals surface area contributed by atoms with Gasteiger partial charge in [-0.15, -0.1) is 0 Å². The molecule has 0 aliphatic carbocycles. The molecule has 0 aliphatic heterocycles. The van der Waals surface area contributed by atoms with Crippen LogP contribution in [0.25, 0.3) is 0 Å². The lowest BCUT2D eigenvalue weighted by Gasteiger charge is -2.09. The van der Waals surface area contributed by atoms with Gasteiger partial charge in [-0.2, -0.15) is 5.10 Å². The zero-order chi connectivity index (χ0) is 23.3. The molecule has 8 nitrogen and oxygen atoms in total. The van der Waals surface area contributed by atoms with Crippen LogP contribution in [-0.4, -0.2) is 28.1 Å². The van der Waals surface area contributed by atoms with Crippen molar-refractivity contribution in [3.63, 3.8) is 0 Å². The molecule has 32 heavy (non-hydrogen) atoms. The van der Waals surface area contributed by atoms with E-state index in [9.17, 15) is 9.59 Å². The fourth-order valence-corrected chi connectivity index (χ4v) is 3.20. The molecule has 0 spiro atoms. The molecule has 3 rings (SSSR count). The Bertz CT molecular complexity index is 1080. The summed E-state index contributed by atoms with van der Waals surface area (Å²) in [5.41, 5.74) is 1.38. The Morgan fingerprint density at radius 1 is 1.22 bits per heavy atom. The Labute approximate surface area is 191 Å². The minimum absolute atomic E-state index is 0.0947. The molecular formula is C23H27ClN4O4. The number of nitrogens with zero attached hydrogens (tertiary/aromatic N) is 2. The number of aryl methyl sites for hydroxylation is 2. The number of halogens is 1. The SMILES string of the molecule is CCn1cc(NC(=O)c2ccc(COc3c(C)cccc3Cl)o2)c(C(=O)NCC(C)C)n1. The second kappa shape index (κ2) is 10.4. The summed E-state index contributed by atoms with van der Waals surface area (Å²) >= 11 is 6.18. The Kier molecular flexibility index (Phi) is 7.58. The maximum Gasteiger partial charge on any atom is 0.291 e. The van der Waals surface area contributed by atoms with E-state index in [4.69, 9.17) is 20.8 Å². The van der Waals surface area contributed by atoms with E-state index in [1.165, 1.54) is 0 Å². The number of aromatic nitrogens is 2. The average Bonchev–Trinajstić information content (AvgIpc) is 3.39. The number of nitrogens with one attached hydrogen (secondary N) is 2. The van der Waals surface area contributed by atoms with Crippen LogP contribution in [-0.2, 0) is 13.2 Å². The highest BCUT2D eigenvalue weighted by Crippen LogP contribution is 2.29. The number of para-hydroxylation sites is 1. The standard InChI is InChI=1S/C23H27ClN4O4/c1-5-28-12-18(20(27-28)23(30)25-11-14(2)3)26-22(29)19-10-9-16(32-19)13-31-21-15(4)7-6-8-17(21)24/h6-10,12,14H,5,11,13H2,1-4H3,(H,25,30)(H,26,29). The molecule has 0 fully saturated rings. The fraction of sp³-hybridized carbons (Fsp3) is 0.348. The predicted octanol–water partition coefficient (Wildman–Crippen LogP) is 4.67.